The zero-order valence-corrected chi connectivity index (χ0v) is 15.6. The van der Waals surface area contributed by atoms with E-state index in [0.717, 1.165) is 0 Å². The number of aromatic amines is 1. The Morgan fingerprint density at radius 1 is 1.25 bits per heavy atom. The molecule has 2 aliphatic heterocycles. The highest BCUT2D eigenvalue weighted by molar-refractivity contribution is 6.35. The fourth-order valence-corrected chi connectivity index (χ4v) is 4.40. The lowest BCUT2D eigenvalue weighted by Gasteiger charge is -2.34. The molecule has 5 nitrogen and oxygen atoms in total. The van der Waals surface area contributed by atoms with Crippen LogP contribution in [-0.2, 0) is 0 Å². The van der Waals surface area contributed by atoms with E-state index in [1.165, 1.54) is 12.1 Å². The van der Waals surface area contributed by atoms with Gasteiger partial charge in [-0.25, -0.2) is 4.39 Å². The number of nitrogens with zero attached hydrogens (tertiary/aromatic N) is 1. The molecule has 3 aromatic rings. The van der Waals surface area contributed by atoms with E-state index in [4.69, 9.17) is 16.3 Å². The number of para-hydroxylation sites is 1. The van der Waals surface area contributed by atoms with Crippen LogP contribution in [-0.4, -0.2) is 40.3 Å². The number of hydrogen-bond acceptors (Lipinski definition) is 3. The van der Waals surface area contributed by atoms with E-state index in [1.54, 1.807) is 23.1 Å². The normalized spacial score (nSPS) is 21.2. The third-order valence-corrected chi connectivity index (χ3v) is 5.80. The number of hydrogen-bond donors (Lipinski definition) is 1. The molecular weight excluding hydrogens is 383 g/mol. The fraction of sp³-hybridized carbons (Fsp3) is 0.238. The lowest BCUT2D eigenvalue weighted by atomic mass is 9.89. The van der Waals surface area contributed by atoms with Crippen molar-refractivity contribution in [1.82, 2.24) is 9.88 Å². The minimum atomic E-state index is -0.698. The second kappa shape index (κ2) is 6.07. The second-order valence-electron chi connectivity index (χ2n) is 7.39. The number of Topliss-reactive ketones (excluding diaryl/α,β-unsaturated/α-hetero) is 1. The largest absolute Gasteiger partial charge is 0.484 e. The van der Waals surface area contributed by atoms with Gasteiger partial charge in [-0.2, -0.15) is 0 Å². The van der Waals surface area contributed by atoms with Crippen LogP contribution in [0.1, 0.15) is 33.7 Å². The van der Waals surface area contributed by atoms with Gasteiger partial charge < -0.3 is 14.6 Å². The molecule has 0 radical (unpaired) electrons. The van der Waals surface area contributed by atoms with Crippen LogP contribution in [0.2, 0.25) is 5.02 Å². The molecule has 1 fully saturated rings. The number of likely N-dealkylation sites (tertiary alicyclic amines) is 1. The predicted octanol–water partition coefficient (Wildman–Crippen LogP) is 4.21. The highest BCUT2D eigenvalue weighted by Crippen LogP contribution is 2.39. The van der Waals surface area contributed by atoms with Crippen molar-refractivity contribution < 1.29 is 18.7 Å². The van der Waals surface area contributed by atoms with E-state index in [9.17, 15) is 14.0 Å². The van der Waals surface area contributed by atoms with Crippen LogP contribution in [0.25, 0.3) is 10.9 Å². The molecule has 7 heteroatoms. The average molecular weight is 399 g/mol. The molecule has 0 bridgehead atoms. The Balaban J connectivity index is 1.41. The number of nitrogens with one attached hydrogen (secondary N) is 1. The summed E-state index contributed by atoms with van der Waals surface area (Å²) in [5.74, 6) is -0.0874. The van der Waals surface area contributed by atoms with E-state index in [0.29, 0.717) is 47.4 Å². The van der Waals surface area contributed by atoms with Gasteiger partial charge in [-0.15, -0.1) is 0 Å². The summed E-state index contributed by atoms with van der Waals surface area (Å²) in [4.78, 5) is 30.1. The summed E-state index contributed by atoms with van der Waals surface area (Å²) in [6, 6.07) is 11.3. The number of carbonyl (C=O) groups excluding carboxylic acids is 2. The van der Waals surface area contributed by atoms with Gasteiger partial charge in [0, 0.05) is 18.4 Å². The van der Waals surface area contributed by atoms with Crippen LogP contribution in [0.15, 0.2) is 42.5 Å². The maximum absolute atomic E-state index is 13.6. The van der Waals surface area contributed by atoms with Gasteiger partial charge in [-0.1, -0.05) is 23.7 Å². The first-order chi connectivity index (χ1) is 13.4. The Morgan fingerprint density at radius 2 is 2.07 bits per heavy atom. The SMILES string of the molecule is O=C1CC2(CCN(C(=O)c3cc4c(Cl)cc(F)cc4[nH]3)C2)Oc2ccccc21. The number of ether oxygens (including phenoxy) is 1. The third kappa shape index (κ3) is 2.67. The van der Waals surface area contributed by atoms with Crippen molar-refractivity contribution in [2.75, 3.05) is 13.1 Å². The molecule has 1 spiro atoms. The van der Waals surface area contributed by atoms with Gasteiger partial charge in [-0.05, 0) is 30.3 Å². The van der Waals surface area contributed by atoms with Crippen molar-refractivity contribution in [2.24, 2.45) is 0 Å². The average Bonchev–Trinajstić information content (AvgIpc) is 3.26. The molecule has 2 aromatic carbocycles. The van der Waals surface area contributed by atoms with Crippen molar-refractivity contribution in [2.45, 2.75) is 18.4 Å². The van der Waals surface area contributed by atoms with Gasteiger partial charge in [0.15, 0.2) is 5.78 Å². The molecule has 5 rings (SSSR count). The zero-order valence-electron chi connectivity index (χ0n) is 14.8. The number of aromatic nitrogens is 1. The van der Waals surface area contributed by atoms with E-state index < -0.39 is 11.4 Å². The number of H-pyrrole nitrogens is 1. The number of carbonyl (C=O) groups is 2. The highest BCUT2D eigenvalue weighted by Gasteiger charge is 2.47. The van der Waals surface area contributed by atoms with E-state index >= 15 is 0 Å². The Hall–Kier alpha value is -2.86. The number of benzene rings is 2. The summed E-state index contributed by atoms with van der Waals surface area (Å²) in [5, 5.41) is 0.847. The van der Waals surface area contributed by atoms with Gasteiger partial charge >= 0.3 is 0 Å². The van der Waals surface area contributed by atoms with E-state index in [-0.39, 0.29) is 23.1 Å². The fourth-order valence-electron chi connectivity index (χ4n) is 4.13. The molecule has 142 valence electrons. The van der Waals surface area contributed by atoms with Crippen LogP contribution < -0.4 is 4.74 Å². The highest BCUT2D eigenvalue weighted by atomic mass is 35.5. The second-order valence-corrected chi connectivity index (χ2v) is 7.80. The molecule has 1 N–H and O–H groups in total. The molecule has 1 saturated heterocycles. The van der Waals surface area contributed by atoms with Crippen molar-refractivity contribution in [3.05, 3.63) is 64.6 Å². The van der Waals surface area contributed by atoms with Crippen LogP contribution in [0.3, 0.4) is 0 Å². The lowest BCUT2D eigenvalue weighted by molar-refractivity contribution is 0.0427. The molecule has 1 aromatic heterocycles. The summed E-state index contributed by atoms with van der Waals surface area (Å²) in [6.07, 6.45) is 0.825. The topological polar surface area (TPSA) is 62.4 Å². The molecule has 28 heavy (non-hydrogen) atoms. The molecule has 0 saturated carbocycles. The standard InChI is InChI=1S/C21H16ClFN2O3/c22-15-7-12(23)8-16-14(15)9-17(24-16)20(27)25-6-5-21(11-25)10-18(26)13-3-1-2-4-19(13)28-21/h1-4,7-9,24H,5-6,10-11H2. The summed E-state index contributed by atoms with van der Waals surface area (Å²) in [7, 11) is 0. The summed E-state index contributed by atoms with van der Waals surface area (Å²) in [5.41, 5.74) is 0.698. The number of halogens is 2. The van der Waals surface area contributed by atoms with Crippen molar-refractivity contribution in [3.8, 4) is 5.75 Å². The van der Waals surface area contributed by atoms with Gasteiger partial charge in [0.25, 0.3) is 5.91 Å². The number of ketones is 1. The summed E-state index contributed by atoms with van der Waals surface area (Å²) in [6.45, 7) is 0.801. The smallest absolute Gasteiger partial charge is 0.270 e. The monoisotopic (exact) mass is 398 g/mol. The van der Waals surface area contributed by atoms with Crippen LogP contribution >= 0.6 is 11.6 Å². The summed E-state index contributed by atoms with van der Waals surface area (Å²) >= 11 is 6.08. The molecule has 1 amide bonds. The molecule has 0 aliphatic carbocycles. The quantitative estimate of drug-likeness (QED) is 0.668. The maximum atomic E-state index is 13.6. The first kappa shape index (κ1) is 17.3. The van der Waals surface area contributed by atoms with E-state index in [2.05, 4.69) is 4.98 Å². The maximum Gasteiger partial charge on any atom is 0.270 e. The molecule has 2 aliphatic rings. The van der Waals surface area contributed by atoms with Gasteiger partial charge in [0.2, 0.25) is 0 Å². The number of amides is 1. The first-order valence-electron chi connectivity index (χ1n) is 9.02. The zero-order chi connectivity index (χ0) is 19.5. The van der Waals surface area contributed by atoms with Crippen molar-refractivity contribution >= 4 is 34.2 Å². The first-order valence-corrected chi connectivity index (χ1v) is 9.40. The molecule has 1 atom stereocenters. The van der Waals surface area contributed by atoms with Crippen LogP contribution in [0.4, 0.5) is 4.39 Å². The Morgan fingerprint density at radius 3 is 2.93 bits per heavy atom. The minimum Gasteiger partial charge on any atom is -0.484 e. The van der Waals surface area contributed by atoms with Crippen molar-refractivity contribution in [3.63, 3.8) is 0 Å². The van der Waals surface area contributed by atoms with E-state index in [1.807, 2.05) is 12.1 Å². The third-order valence-electron chi connectivity index (χ3n) is 5.48. The van der Waals surface area contributed by atoms with Gasteiger partial charge in [0.1, 0.15) is 22.9 Å². The molecular formula is C21H16ClFN2O3. The molecule has 3 heterocycles. The Kier molecular flexibility index (Phi) is 3.74. The van der Waals surface area contributed by atoms with Crippen LogP contribution in [0.5, 0.6) is 5.75 Å². The minimum absolute atomic E-state index is 0.0315. The number of rotatable bonds is 1. The van der Waals surface area contributed by atoms with Crippen molar-refractivity contribution in [1.29, 1.82) is 0 Å². The van der Waals surface area contributed by atoms with Gasteiger partial charge in [0.05, 0.1) is 29.1 Å². The van der Waals surface area contributed by atoms with Gasteiger partial charge in [-0.3, -0.25) is 9.59 Å². The van der Waals surface area contributed by atoms with Crippen LogP contribution in [0, 0.1) is 5.82 Å². The predicted molar refractivity (Wildman–Crippen MR) is 103 cm³/mol. The number of fused-ring (bicyclic) bond motifs is 2. The lowest BCUT2D eigenvalue weighted by Crippen LogP contribution is -2.45. The Labute approximate surface area is 165 Å². The summed E-state index contributed by atoms with van der Waals surface area (Å²) < 4.78 is 19.7. The Bertz CT molecular complexity index is 1140. The molecule has 1 unspecified atom stereocenters.